The number of hydrogen-bond donors (Lipinski definition) is 2. The van der Waals surface area contributed by atoms with Gasteiger partial charge >= 0.3 is 5.69 Å². The molecule has 0 spiro atoms. The fourth-order valence-corrected chi connectivity index (χ4v) is 6.00. The molecule has 0 radical (unpaired) electrons. The monoisotopic (exact) mass is 457 g/mol. The summed E-state index contributed by atoms with van der Waals surface area (Å²) in [7, 11) is 3.48. The number of aromatic nitrogens is 4. The molecule has 1 fully saturated rings. The number of imidazole rings is 1. The summed E-state index contributed by atoms with van der Waals surface area (Å²) in [6, 6.07) is 5.81. The first kappa shape index (κ1) is 21.1. The van der Waals surface area contributed by atoms with Crippen LogP contribution in [-0.4, -0.2) is 42.8 Å². The van der Waals surface area contributed by atoms with Crippen molar-refractivity contribution in [3.63, 3.8) is 0 Å². The standard InChI is InChI=1S/C22H27N5O4S/c1-22(2)10-13(7-8-31-22)27-19-17(20(29)24-27)18(32-11-16(28)23-19)12-5-6-14-15(9-12)26(4)21(30)25(14)3/h5-6,9,13,18H,7-8,10-11H2,1-4H3,(H,23,28)(H,24,29)/t13-,18+/m0/s1. The second-order valence-corrected chi connectivity index (χ2v) is 10.3. The second-order valence-electron chi connectivity index (χ2n) is 9.22. The highest BCUT2D eigenvalue weighted by Crippen LogP contribution is 2.42. The van der Waals surface area contributed by atoms with Crippen molar-refractivity contribution in [2.75, 3.05) is 17.7 Å². The summed E-state index contributed by atoms with van der Waals surface area (Å²) in [5.74, 6) is 0.648. The van der Waals surface area contributed by atoms with E-state index in [2.05, 4.69) is 10.4 Å². The SMILES string of the molecule is Cn1c(=O)n(C)c2cc([C@H]3SCC(=O)Nc4c3c(=O)[nH]n4[C@H]3CCOC(C)(C)C3)ccc21. The number of thioether (sulfide) groups is 1. The molecule has 2 aliphatic heterocycles. The summed E-state index contributed by atoms with van der Waals surface area (Å²) in [6.45, 7) is 4.67. The van der Waals surface area contributed by atoms with Crippen molar-refractivity contribution in [1.29, 1.82) is 0 Å². The number of nitrogens with zero attached hydrogens (tertiary/aromatic N) is 3. The average Bonchev–Trinajstić information content (AvgIpc) is 3.08. The molecule has 2 aromatic heterocycles. The van der Waals surface area contributed by atoms with Gasteiger partial charge in [0.25, 0.3) is 5.56 Å². The molecule has 2 aliphatic rings. The molecule has 9 nitrogen and oxygen atoms in total. The molecule has 0 unspecified atom stereocenters. The van der Waals surface area contributed by atoms with E-state index in [0.29, 0.717) is 18.0 Å². The van der Waals surface area contributed by atoms with E-state index in [1.165, 1.54) is 11.8 Å². The molecule has 3 aromatic rings. The quantitative estimate of drug-likeness (QED) is 0.615. The van der Waals surface area contributed by atoms with E-state index in [9.17, 15) is 14.4 Å². The molecule has 2 atom stereocenters. The van der Waals surface area contributed by atoms with Crippen LogP contribution >= 0.6 is 11.8 Å². The van der Waals surface area contributed by atoms with E-state index in [1.807, 2.05) is 36.7 Å². The van der Waals surface area contributed by atoms with Gasteiger partial charge in [0.15, 0.2) is 0 Å². The molecule has 0 saturated carbocycles. The molecule has 1 amide bonds. The lowest BCUT2D eigenvalue weighted by Gasteiger charge is -2.36. The van der Waals surface area contributed by atoms with Gasteiger partial charge in [0.2, 0.25) is 5.91 Å². The fourth-order valence-electron chi connectivity index (χ4n) is 4.89. The maximum atomic E-state index is 13.2. The molecule has 0 bridgehead atoms. The number of fused-ring (bicyclic) bond motifs is 2. The van der Waals surface area contributed by atoms with E-state index in [-0.39, 0.29) is 39.8 Å². The summed E-state index contributed by atoms with van der Waals surface area (Å²) < 4.78 is 10.9. The van der Waals surface area contributed by atoms with Gasteiger partial charge in [-0.25, -0.2) is 4.79 Å². The predicted octanol–water partition coefficient (Wildman–Crippen LogP) is 2.27. The topological polar surface area (TPSA) is 103 Å². The fraction of sp³-hybridized carbons (Fsp3) is 0.500. The van der Waals surface area contributed by atoms with Crippen LogP contribution in [0.4, 0.5) is 5.82 Å². The Kier molecular flexibility index (Phi) is 4.90. The Balaban J connectivity index is 1.64. The molecule has 5 rings (SSSR count). The van der Waals surface area contributed by atoms with E-state index in [0.717, 1.165) is 29.4 Å². The summed E-state index contributed by atoms with van der Waals surface area (Å²) in [5.41, 5.74) is 2.44. The number of aryl methyl sites for hydroxylation is 2. The molecule has 1 saturated heterocycles. The number of anilines is 1. The van der Waals surface area contributed by atoms with Crippen molar-refractivity contribution in [3.8, 4) is 0 Å². The molecular formula is C22H27N5O4S. The van der Waals surface area contributed by atoms with Crippen molar-refractivity contribution in [1.82, 2.24) is 18.9 Å². The number of rotatable bonds is 2. The molecule has 0 aliphatic carbocycles. The van der Waals surface area contributed by atoms with Crippen LogP contribution in [0.1, 0.15) is 49.1 Å². The van der Waals surface area contributed by atoms with Crippen molar-refractivity contribution in [2.45, 2.75) is 43.6 Å². The molecule has 4 heterocycles. The number of hydrogen-bond acceptors (Lipinski definition) is 5. The molecular weight excluding hydrogens is 430 g/mol. The van der Waals surface area contributed by atoms with E-state index in [4.69, 9.17) is 4.74 Å². The Hall–Kier alpha value is -2.72. The number of amides is 1. The Morgan fingerprint density at radius 1 is 1.12 bits per heavy atom. The van der Waals surface area contributed by atoms with Gasteiger partial charge in [-0.05, 0) is 44.4 Å². The highest BCUT2D eigenvalue weighted by molar-refractivity contribution is 8.00. The van der Waals surface area contributed by atoms with Crippen LogP contribution in [0, 0.1) is 0 Å². The minimum atomic E-state index is -0.332. The van der Waals surface area contributed by atoms with Gasteiger partial charge in [0, 0.05) is 20.7 Å². The maximum absolute atomic E-state index is 13.2. The third kappa shape index (κ3) is 3.32. The minimum Gasteiger partial charge on any atom is -0.375 e. The highest BCUT2D eigenvalue weighted by atomic mass is 32.2. The summed E-state index contributed by atoms with van der Waals surface area (Å²) in [4.78, 5) is 38.1. The average molecular weight is 458 g/mol. The zero-order chi connectivity index (χ0) is 22.8. The number of nitrogens with one attached hydrogen (secondary N) is 2. The number of carbonyl (C=O) groups is 1. The first-order valence-corrected chi connectivity index (χ1v) is 11.8. The van der Waals surface area contributed by atoms with Gasteiger partial charge < -0.3 is 10.1 Å². The van der Waals surface area contributed by atoms with E-state index in [1.54, 1.807) is 23.2 Å². The molecule has 32 heavy (non-hydrogen) atoms. The molecule has 10 heteroatoms. The second kappa shape index (κ2) is 7.41. The van der Waals surface area contributed by atoms with E-state index >= 15 is 0 Å². The zero-order valence-corrected chi connectivity index (χ0v) is 19.4. The number of carbonyl (C=O) groups excluding carboxylic acids is 1. The third-order valence-electron chi connectivity index (χ3n) is 6.50. The first-order chi connectivity index (χ1) is 15.2. The van der Waals surface area contributed by atoms with Crippen LogP contribution in [0.25, 0.3) is 11.0 Å². The third-order valence-corrected chi connectivity index (χ3v) is 7.77. The maximum Gasteiger partial charge on any atom is 0.328 e. The zero-order valence-electron chi connectivity index (χ0n) is 18.6. The van der Waals surface area contributed by atoms with Crippen LogP contribution < -0.4 is 16.6 Å². The Morgan fingerprint density at radius 2 is 1.88 bits per heavy atom. The Labute approximate surface area is 188 Å². The first-order valence-electron chi connectivity index (χ1n) is 10.7. The number of H-pyrrole nitrogens is 1. The van der Waals surface area contributed by atoms with Crippen molar-refractivity contribution in [3.05, 3.63) is 50.2 Å². The summed E-state index contributed by atoms with van der Waals surface area (Å²) in [5, 5.41) is 5.63. The van der Waals surface area contributed by atoms with Gasteiger partial charge in [-0.3, -0.25) is 28.5 Å². The Bertz CT molecular complexity index is 1340. The van der Waals surface area contributed by atoms with Crippen molar-refractivity contribution in [2.24, 2.45) is 14.1 Å². The largest absolute Gasteiger partial charge is 0.375 e. The summed E-state index contributed by atoms with van der Waals surface area (Å²) >= 11 is 1.42. The van der Waals surface area contributed by atoms with Gasteiger partial charge in [-0.15, -0.1) is 11.8 Å². The van der Waals surface area contributed by atoms with Crippen LogP contribution in [0.3, 0.4) is 0 Å². The van der Waals surface area contributed by atoms with Gasteiger partial charge in [0.05, 0.1) is 39.2 Å². The van der Waals surface area contributed by atoms with Crippen LogP contribution in [-0.2, 0) is 23.6 Å². The Morgan fingerprint density at radius 3 is 2.62 bits per heavy atom. The molecule has 1 aromatic carbocycles. The summed E-state index contributed by atoms with van der Waals surface area (Å²) in [6.07, 6.45) is 1.49. The van der Waals surface area contributed by atoms with Gasteiger partial charge in [-0.1, -0.05) is 6.07 Å². The molecule has 170 valence electrons. The highest BCUT2D eigenvalue weighted by Gasteiger charge is 2.36. The van der Waals surface area contributed by atoms with Gasteiger partial charge in [0.1, 0.15) is 5.82 Å². The minimum absolute atomic E-state index is 0.0247. The number of ether oxygens (including phenoxy) is 1. The molecule has 2 N–H and O–H groups in total. The number of aromatic amines is 1. The lowest BCUT2D eigenvalue weighted by atomic mass is 9.94. The normalized spacial score (nSPS) is 23.1. The van der Waals surface area contributed by atoms with Crippen LogP contribution in [0.5, 0.6) is 0 Å². The smallest absolute Gasteiger partial charge is 0.328 e. The van der Waals surface area contributed by atoms with Crippen molar-refractivity contribution >= 4 is 34.5 Å². The lowest BCUT2D eigenvalue weighted by Crippen LogP contribution is -2.36. The van der Waals surface area contributed by atoms with Crippen molar-refractivity contribution < 1.29 is 9.53 Å². The number of benzene rings is 1. The van der Waals surface area contributed by atoms with Crippen LogP contribution in [0.15, 0.2) is 27.8 Å². The predicted molar refractivity (Wildman–Crippen MR) is 124 cm³/mol. The van der Waals surface area contributed by atoms with E-state index < -0.39 is 0 Å². The van der Waals surface area contributed by atoms with Crippen LogP contribution in [0.2, 0.25) is 0 Å². The van der Waals surface area contributed by atoms with Gasteiger partial charge in [-0.2, -0.15) is 0 Å². The lowest BCUT2D eigenvalue weighted by molar-refractivity contribution is -0.113.